The highest BCUT2D eigenvalue weighted by molar-refractivity contribution is 5.92. The average Bonchev–Trinajstić information content (AvgIpc) is 2.37. The summed E-state index contributed by atoms with van der Waals surface area (Å²) in [7, 11) is 0. The smallest absolute Gasteiger partial charge is 0.341 e. The van der Waals surface area contributed by atoms with Gasteiger partial charge in [0.15, 0.2) is 5.82 Å². The van der Waals surface area contributed by atoms with Crippen LogP contribution in [-0.4, -0.2) is 15.6 Å². The third-order valence-corrected chi connectivity index (χ3v) is 3.05. The molecule has 0 aliphatic rings. The maximum Gasteiger partial charge on any atom is 0.341 e. The maximum atomic E-state index is 14.1. The van der Waals surface area contributed by atoms with Crippen molar-refractivity contribution in [1.82, 2.24) is 4.57 Å². The van der Waals surface area contributed by atoms with Gasteiger partial charge in [-0.1, -0.05) is 0 Å². The Hall–Kier alpha value is -2.24. The first-order valence-electron chi connectivity index (χ1n) is 5.63. The molecular formula is C13H11F2NO3. The number of carboxylic acids is 1. The molecule has 0 saturated heterocycles. The summed E-state index contributed by atoms with van der Waals surface area (Å²) in [4.78, 5) is 22.9. The highest BCUT2D eigenvalue weighted by Crippen LogP contribution is 2.22. The number of aromatic carboxylic acids is 1. The number of carbonyl (C=O) groups is 1. The minimum Gasteiger partial charge on any atom is -0.477 e. The van der Waals surface area contributed by atoms with Crippen LogP contribution < -0.4 is 5.43 Å². The van der Waals surface area contributed by atoms with Gasteiger partial charge in [0.05, 0.1) is 10.9 Å². The molecule has 0 saturated carbocycles. The van der Waals surface area contributed by atoms with E-state index in [1.165, 1.54) is 11.5 Å². The molecule has 0 radical (unpaired) electrons. The number of aromatic nitrogens is 1. The van der Waals surface area contributed by atoms with Crippen molar-refractivity contribution in [1.29, 1.82) is 0 Å². The number of aryl methyl sites for hydroxylation is 1. The molecule has 2 rings (SSSR count). The zero-order valence-electron chi connectivity index (χ0n) is 10.3. The van der Waals surface area contributed by atoms with Crippen molar-refractivity contribution >= 4 is 16.9 Å². The van der Waals surface area contributed by atoms with E-state index in [9.17, 15) is 18.4 Å². The molecule has 1 heterocycles. The predicted molar refractivity (Wildman–Crippen MR) is 65.5 cm³/mol. The topological polar surface area (TPSA) is 59.3 Å². The molecule has 0 atom stereocenters. The normalized spacial score (nSPS) is 10.9. The molecule has 0 bridgehead atoms. The average molecular weight is 267 g/mol. The van der Waals surface area contributed by atoms with Gasteiger partial charge in [-0.25, -0.2) is 13.6 Å². The van der Waals surface area contributed by atoms with E-state index < -0.39 is 28.6 Å². The first-order chi connectivity index (χ1) is 8.88. The van der Waals surface area contributed by atoms with Crippen LogP contribution in [0.15, 0.2) is 17.1 Å². The van der Waals surface area contributed by atoms with E-state index in [1.54, 1.807) is 6.92 Å². The summed E-state index contributed by atoms with van der Waals surface area (Å²) >= 11 is 0. The van der Waals surface area contributed by atoms with Gasteiger partial charge in [0.1, 0.15) is 11.4 Å². The van der Waals surface area contributed by atoms with E-state index >= 15 is 0 Å². The molecule has 19 heavy (non-hydrogen) atoms. The van der Waals surface area contributed by atoms with Gasteiger partial charge in [0.2, 0.25) is 5.43 Å². The number of pyridine rings is 1. The van der Waals surface area contributed by atoms with Gasteiger partial charge in [0, 0.05) is 18.3 Å². The Kier molecular flexibility index (Phi) is 3.09. The lowest BCUT2D eigenvalue weighted by Crippen LogP contribution is -2.20. The number of nitrogens with zero attached hydrogens (tertiary/aromatic N) is 1. The van der Waals surface area contributed by atoms with E-state index in [1.807, 2.05) is 0 Å². The van der Waals surface area contributed by atoms with E-state index in [-0.39, 0.29) is 23.0 Å². The Bertz CT molecular complexity index is 750. The van der Waals surface area contributed by atoms with Crippen molar-refractivity contribution < 1.29 is 18.7 Å². The van der Waals surface area contributed by atoms with Gasteiger partial charge in [-0.15, -0.1) is 0 Å². The Labute approximate surface area is 106 Å². The molecule has 1 aromatic carbocycles. The van der Waals surface area contributed by atoms with Crippen LogP contribution in [0.1, 0.15) is 22.8 Å². The Morgan fingerprint density at radius 3 is 2.58 bits per heavy atom. The highest BCUT2D eigenvalue weighted by Gasteiger charge is 2.19. The van der Waals surface area contributed by atoms with E-state index in [0.717, 1.165) is 12.3 Å². The molecule has 100 valence electrons. The van der Waals surface area contributed by atoms with Crippen LogP contribution in [0.5, 0.6) is 0 Å². The SMILES string of the molecule is CCn1cc(C(=O)O)c(=O)c2cc(F)c(C)c(F)c21. The van der Waals surface area contributed by atoms with Crippen molar-refractivity contribution in [2.75, 3.05) is 0 Å². The molecule has 0 fully saturated rings. The molecular weight excluding hydrogens is 256 g/mol. The molecule has 0 spiro atoms. The van der Waals surface area contributed by atoms with Crippen LogP contribution in [-0.2, 0) is 6.54 Å². The highest BCUT2D eigenvalue weighted by atomic mass is 19.1. The molecule has 0 aliphatic carbocycles. The monoisotopic (exact) mass is 267 g/mol. The Morgan fingerprint density at radius 2 is 2.05 bits per heavy atom. The minimum absolute atomic E-state index is 0.0728. The largest absolute Gasteiger partial charge is 0.477 e. The summed E-state index contributed by atoms with van der Waals surface area (Å²) in [5.41, 5.74) is -1.66. The minimum atomic E-state index is -1.42. The van der Waals surface area contributed by atoms with Crippen molar-refractivity contribution in [3.05, 3.63) is 45.2 Å². The van der Waals surface area contributed by atoms with Crippen molar-refractivity contribution in [2.24, 2.45) is 0 Å². The first-order valence-corrected chi connectivity index (χ1v) is 5.63. The molecule has 4 nitrogen and oxygen atoms in total. The van der Waals surface area contributed by atoms with E-state index in [4.69, 9.17) is 5.11 Å². The zero-order chi connectivity index (χ0) is 14.3. The second-order valence-corrected chi connectivity index (χ2v) is 4.16. The molecule has 1 N–H and O–H groups in total. The predicted octanol–water partition coefficient (Wildman–Crippen LogP) is 2.31. The van der Waals surface area contributed by atoms with Gasteiger partial charge in [-0.05, 0) is 19.9 Å². The van der Waals surface area contributed by atoms with Gasteiger partial charge in [-0.2, -0.15) is 0 Å². The lowest BCUT2D eigenvalue weighted by atomic mass is 10.1. The number of hydrogen-bond acceptors (Lipinski definition) is 2. The number of fused-ring (bicyclic) bond motifs is 1. The van der Waals surface area contributed by atoms with Crippen molar-refractivity contribution in [3.8, 4) is 0 Å². The molecule has 0 aliphatic heterocycles. The van der Waals surface area contributed by atoms with Crippen molar-refractivity contribution in [3.63, 3.8) is 0 Å². The summed E-state index contributed by atoms with van der Waals surface area (Å²) in [6, 6.07) is 0.884. The van der Waals surface area contributed by atoms with Crippen LogP contribution in [0.25, 0.3) is 10.9 Å². The maximum absolute atomic E-state index is 14.1. The molecule has 6 heteroatoms. The summed E-state index contributed by atoms with van der Waals surface area (Å²) in [5.74, 6) is -3.13. The third kappa shape index (κ3) is 1.89. The zero-order valence-corrected chi connectivity index (χ0v) is 10.3. The fourth-order valence-electron chi connectivity index (χ4n) is 1.98. The lowest BCUT2D eigenvalue weighted by molar-refractivity contribution is 0.0695. The number of halogens is 2. The number of hydrogen-bond donors (Lipinski definition) is 1. The van der Waals surface area contributed by atoms with Gasteiger partial charge in [-0.3, -0.25) is 4.79 Å². The molecule has 0 unspecified atom stereocenters. The molecule has 2 aromatic rings. The van der Waals surface area contributed by atoms with Crippen LogP contribution in [0.4, 0.5) is 8.78 Å². The van der Waals surface area contributed by atoms with Crippen LogP contribution in [0.2, 0.25) is 0 Å². The van der Waals surface area contributed by atoms with Gasteiger partial charge < -0.3 is 9.67 Å². The second kappa shape index (κ2) is 4.46. The van der Waals surface area contributed by atoms with Crippen LogP contribution in [0, 0.1) is 18.6 Å². The summed E-state index contributed by atoms with van der Waals surface area (Å²) in [6.45, 7) is 3.20. The Balaban J connectivity index is 3.08. The lowest BCUT2D eigenvalue weighted by Gasteiger charge is -2.12. The van der Waals surface area contributed by atoms with E-state index in [0.29, 0.717) is 0 Å². The van der Waals surface area contributed by atoms with Crippen LogP contribution >= 0.6 is 0 Å². The quantitative estimate of drug-likeness (QED) is 0.908. The third-order valence-electron chi connectivity index (χ3n) is 3.05. The fraction of sp³-hybridized carbons (Fsp3) is 0.231. The second-order valence-electron chi connectivity index (χ2n) is 4.16. The molecule has 1 aromatic heterocycles. The van der Waals surface area contributed by atoms with Crippen molar-refractivity contribution in [2.45, 2.75) is 20.4 Å². The summed E-state index contributed by atoms with van der Waals surface area (Å²) < 4.78 is 28.9. The summed E-state index contributed by atoms with van der Waals surface area (Å²) in [5, 5.41) is 8.68. The fourth-order valence-corrected chi connectivity index (χ4v) is 1.98. The molecule has 0 amide bonds. The van der Waals surface area contributed by atoms with Gasteiger partial charge in [0.25, 0.3) is 0 Å². The summed E-state index contributed by atoms with van der Waals surface area (Å²) in [6.07, 6.45) is 1.08. The standard InChI is InChI=1S/C13H11F2NO3/c1-3-16-5-8(13(18)19)12(17)7-4-9(14)6(2)10(15)11(7)16/h4-5H,3H2,1-2H3,(H,18,19). The number of rotatable bonds is 2. The first kappa shape index (κ1) is 13.2. The van der Waals surface area contributed by atoms with Gasteiger partial charge >= 0.3 is 5.97 Å². The van der Waals surface area contributed by atoms with E-state index in [2.05, 4.69) is 0 Å². The number of carboxylic acid groups (broad SMARTS) is 1. The number of benzene rings is 1. The Morgan fingerprint density at radius 1 is 1.42 bits per heavy atom. The van der Waals surface area contributed by atoms with Crippen LogP contribution in [0.3, 0.4) is 0 Å².